The summed E-state index contributed by atoms with van der Waals surface area (Å²) in [5.41, 5.74) is 0.576. The molecular formula is C12H15BrCl2FN. The molecule has 0 saturated carbocycles. The van der Waals surface area contributed by atoms with Crippen LogP contribution in [0.5, 0.6) is 0 Å². The van der Waals surface area contributed by atoms with Crippen LogP contribution in [0.25, 0.3) is 0 Å². The van der Waals surface area contributed by atoms with Crippen LogP contribution < -0.4 is 5.32 Å². The van der Waals surface area contributed by atoms with Gasteiger partial charge in [0, 0.05) is 28.3 Å². The Labute approximate surface area is 120 Å². The standard InChI is InChI=1S/C12H15BrCl2FN/c1-2-12(7-14,8-15)17-6-9-3-10(13)5-11(16)4-9/h3-5,17H,2,6-8H2,1H3. The van der Waals surface area contributed by atoms with E-state index in [9.17, 15) is 4.39 Å². The summed E-state index contributed by atoms with van der Waals surface area (Å²) in [5, 5.41) is 3.30. The Kier molecular flexibility index (Phi) is 6.21. The van der Waals surface area contributed by atoms with Crippen molar-refractivity contribution in [2.45, 2.75) is 25.4 Å². The fourth-order valence-electron chi connectivity index (χ4n) is 1.45. The van der Waals surface area contributed by atoms with E-state index in [1.807, 2.05) is 13.0 Å². The molecule has 0 radical (unpaired) electrons. The fourth-order valence-corrected chi connectivity index (χ4v) is 2.81. The Hall–Kier alpha value is 0.170. The lowest BCUT2D eigenvalue weighted by Gasteiger charge is -2.29. The lowest BCUT2D eigenvalue weighted by molar-refractivity contribution is 0.384. The molecule has 0 heterocycles. The lowest BCUT2D eigenvalue weighted by Crippen LogP contribution is -2.47. The van der Waals surface area contributed by atoms with Crippen molar-refractivity contribution in [1.29, 1.82) is 0 Å². The van der Waals surface area contributed by atoms with Crippen LogP contribution in [0.2, 0.25) is 0 Å². The van der Waals surface area contributed by atoms with E-state index in [0.717, 1.165) is 16.5 Å². The molecule has 0 bridgehead atoms. The van der Waals surface area contributed by atoms with Crippen LogP contribution in [0.3, 0.4) is 0 Å². The quantitative estimate of drug-likeness (QED) is 0.760. The molecular weight excluding hydrogens is 328 g/mol. The smallest absolute Gasteiger partial charge is 0.124 e. The number of rotatable bonds is 6. The maximum Gasteiger partial charge on any atom is 0.124 e. The lowest BCUT2D eigenvalue weighted by atomic mass is 10.0. The maximum atomic E-state index is 13.2. The molecule has 1 nitrogen and oxygen atoms in total. The van der Waals surface area contributed by atoms with Crippen molar-refractivity contribution in [3.8, 4) is 0 Å². The molecule has 0 fully saturated rings. The SMILES string of the molecule is CCC(CCl)(CCl)NCc1cc(F)cc(Br)c1. The number of benzene rings is 1. The van der Waals surface area contributed by atoms with Crippen LogP contribution in [0.1, 0.15) is 18.9 Å². The van der Waals surface area contributed by atoms with Crippen LogP contribution in [-0.4, -0.2) is 17.3 Å². The van der Waals surface area contributed by atoms with Gasteiger partial charge in [-0.25, -0.2) is 4.39 Å². The van der Waals surface area contributed by atoms with Crippen LogP contribution in [-0.2, 0) is 6.54 Å². The number of alkyl halides is 2. The second kappa shape index (κ2) is 6.93. The Morgan fingerprint density at radius 2 is 1.94 bits per heavy atom. The highest BCUT2D eigenvalue weighted by atomic mass is 79.9. The first-order valence-corrected chi connectivity index (χ1v) is 7.23. The van der Waals surface area contributed by atoms with Gasteiger partial charge in [0.2, 0.25) is 0 Å². The third-order valence-electron chi connectivity index (χ3n) is 2.78. The van der Waals surface area contributed by atoms with Crippen molar-refractivity contribution in [1.82, 2.24) is 5.32 Å². The number of hydrogen-bond donors (Lipinski definition) is 1. The predicted molar refractivity (Wildman–Crippen MR) is 75.4 cm³/mol. The van der Waals surface area contributed by atoms with E-state index in [4.69, 9.17) is 23.2 Å². The molecule has 0 amide bonds. The van der Waals surface area contributed by atoms with Gasteiger partial charge >= 0.3 is 0 Å². The molecule has 0 saturated heterocycles. The van der Waals surface area contributed by atoms with Gasteiger partial charge in [-0.05, 0) is 30.2 Å². The van der Waals surface area contributed by atoms with Gasteiger partial charge in [0.05, 0.1) is 0 Å². The van der Waals surface area contributed by atoms with Gasteiger partial charge in [-0.3, -0.25) is 0 Å². The minimum atomic E-state index is -0.290. The van der Waals surface area contributed by atoms with E-state index in [-0.39, 0.29) is 11.4 Å². The molecule has 0 aliphatic rings. The van der Waals surface area contributed by atoms with Crippen molar-refractivity contribution in [2.75, 3.05) is 11.8 Å². The van der Waals surface area contributed by atoms with Crippen LogP contribution in [0, 0.1) is 5.82 Å². The monoisotopic (exact) mass is 341 g/mol. The summed E-state index contributed by atoms with van der Waals surface area (Å²) in [7, 11) is 0. The largest absolute Gasteiger partial charge is 0.305 e. The average Bonchev–Trinajstić information content (AvgIpc) is 2.30. The van der Waals surface area contributed by atoms with Gasteiger partial charge in [-0.1, -0.05) is 22.9 Å². The van der Waals surface area contributed by atoms with Gasteiger partial charge in [-0.15, -0.1) is 23.2 Å². The second-order valence-electron chi connectivity index (χ2n) is 4.03. The van der Waals surface area contributed by atoms with Crippen molar-refractivity contribution >= 4 is 39.1 Å². The molecule has 1 N–H and O–H groups in total. The van der Waals surface area contributed by atoms with Crippen LogP contribution in [0.15, 0.2) is 22.7 Å². The van der Waals surface area contributed by atoms with Crippen molar-refractivity contribution in [3.63, 3.8) is 0 Å². The Morgan fingerprint density at radius 3 is 2.41 bits per heavy atom. The number of hydrogen-bond acceptors (Lipinski definition) is 1. The summed E-state index contributed by atoms with van der Waals surface area (Å²) < 4.78 is 13.9. The zero-order chi connectivity index (χ0) is 12.9. The summed E-state index contributed by atoms with van der Waals surface area (Å²) >= 11 is 15.1. The highest BCUT2D eigenvalue weighted by molar-refractivity contribution is 9.10. The Bertz CT molecular complexity index is 341. The minimum Gasteiger partial charge on any atom is -0.305 e. The van der Waals surface area contributed by atoms with E-state index < -0.39 is 0 Å². The molecule has 96 valence electrons. The van der Waals surface area contributed by atoms with Crippen molar-refractivity contribution in [2.24, 2.45) is 0 Å². The first kappa shape index (κ1) is 15.2. The maximum absolute atomic E-state index is 13.2. The molecule has 0 atom stereocenters. The normalized spacial score (nSPS) is 11.8. The fraction of sp³-hybridized carbons (Fsp3) is 0.500. The molecule has 0 aromatic heterocycles. The zero-order valence-corrected chi connectivity index (χ0v) is 12.7. The van der Waals surface area contributed by atoms with Gasteiger partial charge in [-0.2, -0.15) is 0 Å². The minimum absolute atomic E-state index is 0.255. The molecule has 17 heavy (non-hydrogen) atoms. The van der Waals surface area contributed by atoms with Gasteiger partial charge < -0.3 is 5.32 Å². The summed E-state index contributed by atoms with van der Waals surface area (Å²) in [6, 6.07) is 4.80. The molecule has 1 aromatic carbocycles. The zero-order valence-electron chi connectivity index (χ0n) is 9.57. The van der Waals surface area contributed by atoms with Crippen LogP contribution >= 0.6 is 39.1 Å². The van der Waals surface area contributed by atoms with E-state index in [1.165, 1.54) is 12.1 Å². The molecule has 1 rings (SSSR count). The Balaban J connectivity index is 2.71. The first-order chi connectivity index (χ1) is 8.05. The highest BCUT2D eigenvalue weighted by Gasteiger charge is 2.25. The molecule has 0 unspecified atom stereocenters. The van der Waals surface area contributed by atoms with E-state index in [0.29, 0.717) is 18.3 Å². The molecule has 5 heteroatoms. The third kappa shape index (κ3) is 4.40. The van der Waals surface area contributed by atoms with Crippen molar-refractivity contribution in [3.05, 3.63) is 34.1 Å². The van der Waals surface area contributed by atoms with Crippen LogP contribution in [0.4, 0.5) is 4.39 Å². The molecule has 0 aliphatic carbocycles. The number of nitrogens with one attached hydrogen (secondary N) is 1. The summed E-state index contributed by atoms with van der Waals surface area (Å²) in [5.74, 6) is 0.613. The van der Waals surface area contributed by atoms with E-state index >= 15 is 0 Å². The summed E-state index contributed by atoms with van der Waals surface area (Å²) in [4.78, 5) is 0. The van der Waals surface area contributed by atoms with Gasteiger partial charge in [0.25, 0.3) is 0 Å². The molecule has 1 aromatic rings. The third-order valence-corrected chi connectivity index (χ3v) is 4.26. The highest BCUT2D eigenvalue weighted by Crippen LogP contribution is 2.18. The van der Waals surface area contributed by atoms with Crippen molar-refractivity contribution < 1.29 is 4.39 Å². The molecule has 0 spiro atoms. The van der Waals surface area contributed by atoms with Gasteiger partial charge in [0.15, 0.2) is 0 Å². The Morgan fingerprint density at radius 1 is 1.29 bits per heavy atom. The predicted octanol–water partition coefficient (Wildman–Crippen LogP) is 4.30. The average molecular weight is 343 g/mol. The summed E-state index contributed by atoms with van der Waals surface area (Å²) in [6.07, 6.45) is 0.830. The summed E-state index contributed by atoms with van der Waals surface area (Å²) in [6.45, 7) is 2.57. The number of halogens is 4. The molecule has 0 aliphatic heterocycles. The topological polar surface area (TPSA) is 12.0 Å². The van der Waals surface area contributed by atoms with E-state index in [2.05, 4.69) is 21.2 Å². The van der Waals surface area contributed by atoms with E-state index in [1.54, 1.807) is 0 Å². The second-order valence-corrected chi connectivity index (χ2v) is 5.48. The first-order valence-electron chi connectivity index (χ1n) is 5.37. The van der Waals surface area contributed by atoms with Gasteiger partial charge in [0.1, 0.15) is 5.82 Å².